The van der Waals surface area contributed by atoms with Gasteiger partial charge in [0.1, 0.15) is 0 Å². The van der Waals surface area contributed by atoms with Crippen LogP contribution in [0.25, 0.3) is 0 Å². The maximum absolute atomic E-state index is 13.7. The minimum absolute atomic E-state index is 0.0594. The van der Waals surface area contributed by atoms with E-state index in [-0.39, 0.29) is 13.4 Å². The minimum Gasteiger partial charge on any atom is -0.493 e. The maximum Gasteiger partial charge on any atom is 0.339 e. The summed E-state index contributed by atoms with van der Waals surface area (Å²) in [6, 6.07) is 6.93. The topological polar surface area (TPSA) is 196 Å². The average molecular weight is 731 g/mol. The standard InChI is InChI=1S/C35H38O17/c1-14(36)48-29-30(49-15(2)37)32(50-16(3)38)35(52-31(29)34(40)44-7)51-27-19-11-22-21(46-13-47-22)10-18(19)25(26-20(27)12-45-33(26)39)17-8-23(41-4)28(43-6)24(9-17)42-5/h8-11,20,25-27,29-32,35H,12-13H2,1-7H3/t20?,25-,26+,27?,29+,30+,31+,32-,35-/m1/s1. The summed E-state index contributed by atoms with van der Waals surface area (Å²) in [7, 11) is 5.51. The molecule has 2 saturated heterocycles. The van der Waals surface area contributed by atoms with Crippen molar-refractivity contribution in [2.24, 2.45) is 11.8 Å². The van der Waals surface area contributed by atoms with Crippen LogP contribution in [-0.2, 0) is 57.1 Å². The molecule has 17 heteroatoms. The zero-order valence-corrected chi connectivity index (χ0v) is 29.4. The van der Waals surface area contributed by atoms with E-state index in [0.29, 0.717) is 45.4 Å². The highest BCUT2D eigenvalue weighted by atomic mass is 16.7. The van der Waals surface area contributed by atoms with Gasteiger partial charge in [-0.05, 0) is 41.0 Å². The normalized spacial score (nSPS) is 28.4. The molecule has 4 aliphatic rings. The molecule has 0 radical (unpaired) electrons. The van der Waals surface area contributed by atoms with Crippen molar-refractivity contribution in [3.05, 3.63) is 41.0 Å². The molecule has 2 aromatic rings. The molecule has 0 N–H and O–H groups in total. The van der Waals surface area contributed by atoms with E-state index in [2.05, 4.69) is 0 Å². The van der Waals surface area contributed by atoms with Crippen LogP contribution in [0.2, 0.25) is 0 Å². The van der Waals surface area contributed by atoms with Crippen LogP contribution in [0, 0.1) is 11.8 Å². The zero-order valence-electron chi connectivity index (χ0n) is 29.4. The highest BCUT2D eigenvalue weighted by Gasteiger charge is 2.59. The fraction of sp³-hybridized carbons (Fsp3) is 0.514. The summed E-state index contributed by atoms with van der Waals surface area (Å²) in [6.07, 6.45) is -9.16. The third-order valence-electron chi connectivity index (χ3n) is 9.28. The van der Waals surface area contributed by atoms with Gasteiger partial charge in [0.2, 0.25) is 18.8 Å². The molecule has 0 bridgehead atoms. The lowest BCUT2D eigenvalue weighted by atomic mass is 9.66. The van der Waals surface area contributed by atoms with Gasteiger partial charge in [0, 0.05) is 32.6 Å². The molecule has 0 aromatic heterocycles. The third kappa shape index (κ3) is 6.61. The summed E-state index contributed by atoms with van der Waals surface area (Å²) in [5, 5.41) is 0. The second-order valence-electron chi connectivity index (χ2n) is 12.3. The fourth-order valence-electron chi connectivity index (χ4n) is 7.30. The maximum atomic E-state index is 13.7. The number of hydrogen-bond acceptors (Lipinski definition) is 17. The second-order valence-corrected chi connectivity index (χ2v) is 12.3. The minimum atomic E-state index is -1.70. The molecule has 280 valence electrons. The Labute approximate surface area is 297 Å². The molecule has 3 aliphatic heterocycles. The number of carbonyl (C=O) groups is 5. The van der Waals surface area contributed by atoms with Gasteiger partial charge in [-0.2, -0.15) is 0 Å². The molecule has 0 amide bonds. The van der Waals surface area contributed by atoms with E-state index in [1.54, 1.807) is 24.3 Å². The first-order valence-corrected chi connectivity index (χ1v) is 16.2. The van der Waals surface area contributed by atoms with E-state index in [9.17, 15) is 24.0 Å². The Hall–Kier alpha value is -5.29. The first-order valence-electron chi connectivity index (χ1n) is 16.2. The Morgan fingerprint density at radius 1 is 0.712 bits per heavy atom. The van der Waals surface area contributed by atoms with Crippen molar-refractivity contribution < 1.29 is 80.8 Å². The van der Waals surface area contributed by atoms with Crippen LogP contribution in [0.1, 0.15) is 49.5 Å². The van der Waals surface area contributed by atoms with Crippen LogP contribution in [-0.4, -0.2) is 102 Å². The van der Waals surface area contributed by atoms with Crippen molar-refractivity contribution in [1.29, 1.82) is 0 Å². The lowest BCUT2D eigenvalue weighted by Gasteiger charge is -2.46. The number of cyclic esters (lactones) is 1. The number of esters is 5. The summed E-state index contributed by atoms with van der Waals surface area (Å²) >= 11 is 0. The molecule has 1 aliphatic carbocycles. The van der Waals surface area contributed by atoms with Gasteiger partial charge in [-0.25, -0.2) is 4.79 Å². The molecule has 9 atom stereocenters. The molecule has 6 rings (SSSR count). The third-order valence-corrected chi connectivity index (χ3v) is 9.28. The molecule has 0 spiro atoms. The fourth-order valence-corrected chi connectivity index (χ4v) is 7.30. The molecule has 0 saturated carbocycles. The molecule has 2 fully saturated rings. The van der Waals surface area contributed by atoms with E-state index in [1.165, 1.54) is 21.3 Å². The average Bonchev–Trinajstić information content (AvgIpc) is 3.74. The highest BCUT2D eigenvalue weighted by molar-refractivity contribution is 5.79. The number of hydrogen-bond donors (Lipinski definition) is 0. The van der Waals surface area contributed by atoms with Gasteiger partial charge >= 0.3 is 29.8 Å². The highest BCUT2D eigenvalue weighted by Crippen LogP contribution is 2.57. The number of rotatable bonds is 10. The van der Waals surface area contributed by atoms with Crippen LogP contribution in [0.15, 0.2) is 24.3 Å². The summed E-state index contributed by atoms with van der Waals surface area (Å²) in [5.74, 6) is -4.42. The van der Waals surface area contributed by atoms with Crippen molar-refractivity contribution in [3.8, 4) is 28.7 Å². The lowest BCUT2D eigenvalue weighted by molar-refractivity contribution is -0.316. The number of ether oxygens (including phenoxy) is 12. The summed E-state index contributed by atoms with van der Waals surface area (Å²) in [4.78, 5) is 63.9. The molecular weight excluding hydrogens is 692 g/mol. The molecule has 2 aromatic carbocycles. The number of carbonyl (C=O) groups excluding carboxylic acids is 5. The molecule has 17 nitrogen and oxygen atoms in total. The smallest absolute Gasteiger partial charge is 0.339 e. The van der Waals surface area contributed by atoms with Gasteiger partial charge < -0.3 is 56.8 Å². The van der Waals surface area contributed by atoms with Crippen LogP contribution < -0.4 is 23.7 Å². The number of methoxy groups -OCH3 is 4. The second kappa shape index (κ2) is 14.7. The van der Waals surface area contributed by atoms with Crippen LogP contribution in [0.4, 0.5) is 0 Å². The Morgan fingerprint density at radius 2 is 1.29 bits per heavy atom. The van der Waals surface area contributed by atoms with E-state index in [0.717, 1.165) is 27.9 Å². The quantitative estimate of drug-likeness (QED) is 0.254. The van der Waals surface area contributed by atoms with Gasteiger partial charge in [0.25, 0.3) is 0 Å². The van der Waals surface area contributed by atoms with E-state index < -0.39 is 84.4 Å². The van der Waals surface area contributed by atoms with Gasteiger partial charge in [0.05, 0.1) is 47.1 Å². The SMILES string of the molecule is COC(=O)[C@H]1O[C@@H](OC2c3cc4c(cc3[C@@H](c3cc(OC)c(OC)c(OC)c3)[C@H]3C(=O)OCC23)OCO4)[C@H](OC(C)=O)[C@@H](OC(C)=O)[C@@H]1OC(C)=O. The Morgan fingerprint density at radius 3 is 1.85 bits per heavy atom. The summed E-state index contributed by atoms with van der Waals surface area (Å²) in [6.45, 7) is 3.11. The van der Waals surface area contributed by atoms with Crippen LogP contribution >= 0.6 is 0 Å². The van der Waals surface area contributed by atoms with Gasteiger partial charge in [-0.15, -0.1) is 0 Å². The Balaban J connectivity index is 1.51. The van der Waals surface area contributed by atoms with Crippen LogP contribution in [0.5, 0.6) is 28.7 Å². The summed E-state index contributed by atoms with van der Waals surface area (Å²) < 4.78 is 68.1. The Kier molecular flexibility index (Phi) is 10.4. The van der Waals surface area contributed by atoms with E-state index in [1.807, 2.05) is 0 Å². The van der Waals surface area contributed by atoms with E-state index in [4.69, 9.17) is 56.8 Å². The first-order chi connectivity index (χ1) is 24.9. The van der Waals surface area contributed by atoms with Gasteiger partial charge in [-0.3, -0.25) is 19.2 Å². The van der Waals surface area contributed by atoms with Gasteiger partial charge in [-0.1, -0.05) is 0 Å². The monoisotopic (exact) mass is 730 g/mol. The predicted molar refractivity (Wildman–Crippen MR) is 170 cm³/mol. The van der Waals surface area contributed by atoms with Gasteiger partial charge in [0.15, 0.2) is 47.4 Å². The summed E-state index contributed by atoms with van der Waals surface area (Å²) in [5.41, 5.74) is 1.73. The largest absolute Gasteiger partial charge is 0.493 e. The number of fused-ring (bicyclic) bond motifs is 3. The number of benzene rings is 2. The molecular formula is C35H38O17. The first kappa shape index (κ1) is 36.5. The lowest BCUT2D eigenvalue weighted by Crippen LogP contribution is -2.64. The molecule has 2 unspecified atom stereocenters. The van der Waals surface area contributed by atoms with Crippen molar-refractivity contribution in [1.82, 2.24) is 0 Å². The van der Waals surface area contributed by atoms with Crippen molar-refractivity contribution >= 4 is 29.8 Å². The molecule has 3 heterocycles. The van der Waals surface area contributed by atoms with Crippen molar-refractivity contribution in [2.45, 2.75) is 63.5 Å². The van der Waals surface area contributed by atoms with Crippen LogP contribution in [0.3, 0.4) is 0 Å². The Bertz CT molecular complexity index is 1730. The molecule has 52 heavy (non-hydrogen) atoms. The van der Waals surface area contributed by atoms with Crippen molar-refractivity contribution in [2.75, 3.05) is 41.8 Å². The predicted octanol–water partition coefficient (Wildman–Crippen LogP) is 2.13. The van der Waals surface area contributed by atoms with E-state index >= 15 is 0 Å². The van der Waals surface area contributed by atoms with Crippen molar-refractivity contribution in [3.63, 3.8) is 0 Å². The zero-order chi connectivity index (χ0) is 37.4.